The number of hydrogen-bond donors (Lipinski definition) is 2. The summed E-state index contributed by atoms with van der Waals surface area (Å²) in [5.74, 6) is 0.656. The van der Waals surface area contributed by atoms with Crippen molar-refractivity contribution in [1.82, 2.24) is 10.3 Å². The highest BCUT2D eigenvalue weighted by Gasteiger charge is 2.01. The van der Waals surface area contributed by atoms with Crippen molar-refractivity contribution < 1.29 is 9.53 Å². The number of hydrogen-bond acceptors (Lipinski definition) is 4. The van der Waals surface area contributed by atoms with Gasteiger partial charge in [-0.15, -0.1) is 0 Å². The van der Waals surface area contributed by atoms with Gasteiger partial charge in [0.15, 0.2) is 0 Å². The SMILES string of the molecule is N#Cc1ccc(OCCNC(=O)Nc2cccnc2)cc1. The fourth-order valence-corrected chi connectivity index (χ4v) is 1.57. The molecule has 0 saturated carbocycles. The number of urea groups is 1. The van der Waals surface area contributed by atoms with E-state index < -0.39 is 0 Å². The lowest BCUT2D eigenvalue weighted by atomic mass is 10.2. The van der Waals surface area contributed by atoms with Crippen molar-refractivity contribution >= 4 is 11.7 Å². The molecule has 1 heterocycles. The summed E-state index contributed by atoms with van der Waals surface area (Å²) in [4.78, 5) is 15.5. The van der Waals surface area contributed by atoms with Gasteiger partial charge in [0, 0.05) is 6.20 Å². The van der Waals surface area contributed by atoms with Crippen molar-refractivity contribution in [3.8, 4) is 11.8 Å². The zero-order valence-corrected chi connectivity index (χ0v) is 11.2. The average Bonchev–Trinajstić information content (AvgIpc) is 2.53. The molecule has 0 aliphatic rings. The third-order valence-electron chi connectivity index (χ3n) is 2.56. The molecule has 2 amide bonds. The summed E-state index contributed by atoms with van der Waals surface area (Å²) >= 11 is 0. The van der Waals surface area contributed by atoms with Crippen LogP contribution in [0.1, 0.15) is 5.56 Å². The summed E-state index contributed by atoms with van der Waals surface area (Å²) in [6, 6.07) is 12.0. The second-order valence-corrected chi connectivity index (χ2v) is 4.11. The molecule has 0 aliphatic carbocycles. The number of ether oxygens (including phenoxy) is 1. The van der Waals surface area contributed by atoms with Gasteiger partial charge >= 0.3 is 6.03 Å². The lowest BCUT2D eigenvalue weighted by molar-refractivity contribution is 0.247. The van der Waals surface area contributed by atoms with Crippen LogP contribution in [0.5, 0.6) is 5.75 Å². The van der Waals surface area contributed by atoms with Gasteiger partial charge in [0.25, 0.3) is 0 Å². The van der Waals surface area contributed by atoms with E-state index >= 15 is 0 Å². The van der Waals surface area contributed by atoms with Crippen molar-refractivity contribution in [2.24, 2.45) is 0 Å². The third-order valence-corrected chi connectivity index (χ3v) is 2.56. The van der Waals surface area contributed by atoms with Gasteiger partial charge in [0.2, 0.25) is 0 Å². The molecular formula is C15H14N4O2. The molecule has 6 nitrogen and oxygen atoms in total. The minimum atomic E-state index is -0.313. The van der Waals surface area contributed by atoms with Crippen LogP contribution in [0.3, 0.4) is 0 Å². The molecule has 21 heavy (non-hydrogen) atoms. The molecule has 106 valence electrons. The molecule has 2 rings (SSSR count). The van der Waals surface area contributed by atoms with Gasteiger partial charge in [-0.25, -0.2) is 4.79 Å². The summed E-state index contributed by atoms with van der Waals surface area (Å²) in [6.45, 7) is 0.707. The molecule has 0 atom stereocenters. The van der Waals surface area contributed by atoms with Crippen LogP contribution in [0.25, 0.3) is 0 Å². The van der Waals surface area contributed by atoms with Crippen LogP contribution in [-0.2, 0) is 0 Å². The van der Waals surface area contributed by atoms with Gasteiger partial charge in [-0.3, -0.25) is 4.98 Å². The molecule has 0 radical (unpaired) electrons. The quantitative estimate of drug-likeness (QED) is 0.823. The van der Waals surface area contributed by atoms with Gasteiger partial charge in [0.1, 0.15) is 12.4 Å². The van der Waals surface area contributed by atoms with Gasteiger partial charge in [0.05, 0.1) is 30.1 Å². The van der Waals surface area contributed by atoms with Crippen molar-refractivity contribution in [3.63, 3.8) is 0 Å². The average molecular weight is 282 g/mol. The summed E-state index contributed by atoms with van der Waals surface area (Å²) in [5.41, 5.74) is 1.21. The van der Waals surface area contributed by atoms with Crippen LogP contribution >= 0.6 is 0 Å². The first kappa shape index (κ1) is 14.3. The second kappa shape index (κ2) is 7.50. The van der Waals surface area contributed by atoms with E-state index in [4.69, 9.17) is 10.00 Å². The highest BCUT2D eigenvalue weighted by molar-refractivity contribution is 5.88. The summed E-state index contributed by atoms with van der Waals surface area (Å²) in [5, 5.41) is 14.0. The maximum atomic E-state index is 11.6. The Balaban J connectivity index is 1.67. The van der Waals surface area contributed by atoms with Gasteiger partial charge in [-0.05, 0) is 36.4 Å². The van der Waals surface area contributed by atoms with Crippen LogP contribution in [0.4, 0.5) is 10.5 Å². The summed E-state index contributed by atoms with van der Waals surface area (Å²) in [6.07, 6.45) is 3.20. The second-order valence-electron chi connectivity index (χ2n) is 4.11. The van der Waals surface area contributed by atoms with Crippen molar-refractivity contribution in [2.75, 3.05) is 18.5 Å². The normalized spacial score (nSPS) is 9.48. The lowest BCUT2D eigenvalue weighted by Crippen LogP contribution is -2.32. The molecule has 0 saturated heterocycles. The standard InChI is InChI=1S/C15H14N4O2/c16-10-12-3-5-14(6-4-12)21-9-8-18-15(20)19-13-2-1-7-17-11-13/h1-7,11H,8-9H2,(H2,18,19,20). The highest BCUT2D eigenvalue weighted by atomic mass is 16.5. The zero-order valence-electron chi connectivity index (χ0n) is 11.2. The molecule has 0 unspecified atom stereocenters. The molecule has 2 N–H and O–H groups in total. The Morgan fingerprint density at radius 3 is 2.76 bits per heavy atom. The molecule has 0 spiro atoms. The fourth-order valence-electron chi connectivity index (χ4n) is 1.57. The Morgan fingerprint density at radius 1 is 1.29 bits per heavy atom. The Hall–Kier alpha value is -3.07. The van der Waals surface area contributed by atoms with E-state index in [9.17, 15) is 4.79 Å². The predicted molar refractivity (Wildman–Crippen MR) is 77.9 cm³/mol. The lowest BCUT2D eigenvalue weighted by Gasteiger charge is -2.08. The van der Waals surface area contributed by atoms with E-state index in [0.29, 0.717) is 30.2 Å². The molecule has 0 aliphatic heterocycles. The molecule has 1 aromatic heterocycles. The zero-order chi connectivity index (χ0) is 14.9. The van der Waals surface area contributed by atoms with Crippen LogP contribution in [-0.4, -0.2) is 24.2 Å². The number of amides is 2. The number of anilines is 1. The van der Waals surface area contributed by atoms with Gasteiger partial charge in [-0.1, -0.05) is 0 Å². The summed E-state index contributed by atoms with van der Waals surface area (Å²) in [7, 11) is 0. The number of carbonyl (C=O) groups excluding carboxylic acids is 1. The summed E-state index contributed by atoms with van der Waals surface area (Å²) < 4.78 is 5.44. The van der Waals surface area contributed by atoms with Crippen molar-refractivity contribution in [3.05, 3.63) is 54.4 Å². The van der Waals surface area contributed by atoms with Crippen molar-refractivity contribution in [2.45, 2.75) is 0 Å². The number of nitrogens with one attached hydrogen (secondary N) is 2. The van der Waals surface area contributed by atoms with Crippen molar-refractivity contribution in [1.29, 1.82) is 5.26 Å². The molecule has 1 aromatic carbocycles. The maximum Gasteiger partial charge on any atom is 0.319 e. The molecule has 6 heteroatoms. The first-order valence-corrected chi connectivity index (χ1v) is 6.36. The molecular weight excluding hydrogens is 268 g/mol. The fraction of sp³-hybridized carbons (Fsp3) is 0.133. The Labute approximate surface area is 122 Å². The monoisotopic (exact) mass is 282 g/mol. The Bertz CT molecular complexity index is 620. The number of nitrogens with zero attached hydrogens (tertiary/aromatic N) is 2. The first-order chi connectivity index (χ1) is 10.3. The van der Waals surface area contributed by atoms with Crippen LogP contribution in [0.2, 0.25) is 0 Å². The van der Waals surface area contributed by atoms with E-state index in [2.05, 4.69) is 15.6 Å². The smallest absolute Gasteiger partial charge is 0.319 e. The predicted octanol–water partition coefficient (Wildman–Crippen LogP) is 2.15. The number of pyridine rings is 1. The number of aromatic nitrogens is 1. The first-order valence-electron chi connectivity index (χ1n) is 6.36. The minimum absolute atomic E-state index is 0.313. The van der Waals surface area contributed by atoms with Crippen LogP contribution in [0.15, 0.2) is 48.8 Å². The maximum absolute atomic E-state index is 11.6. The van der Waals surface area contributed by atoms with Crippen LogP contribution in [0, 0.1) is 11.3 Å². The van der Waals surface area contributed by atoms with E-state index in [0.717, 1.165) is 0 Å². The van der Waals surface area contributed by atoms with E-state index in [1.165, 1.54) is 0 Å². The number of benzene rings is 1. The highest BCUT2D eigenvalue weighted by Crippen LogP contribution is 2.10. The number of carbonyl (C=O) groups is 1. The Morgan fingerprint density at radius 2 is 2.10 bits per heavy atom. The van der Waals surface area contributed by atoms with E-state index in [-0.39, 0.29) is 6.03 Å². The molecule has 0 fully saturated rings. The Kier molecular flexibility index (Phi) is 5.12. The molecule has 0 bridgehead atoms. The van der Waals surface area contributed by atoms with E-state index in [1.54, 1.807) is 48.8 Å². The van der Waals surface area contributed by atoms with Gasteiger partial charge in [-0.2, -0.15) is 5.26 Å². The molecule has 2 aromatic rings. The van der Waals surface area contributed by atoms with Gasteiger partial charge < -0.3 is 15.4 Å². The number of nitriles is 1. The van der Waals surface area contributed by atoms with E-state index in [1.807, 2.05) is 6.07 Å². The van der Waals surface area contributed by atoms with Crippen LogP contribution < -0.4 is 15.4 Å². The topological polar surface area (TPSA) is 87.0 Å². The third kappa shape index (κ3) is 4.84. The number of rotatable bonds is 5. The minimum Gasteiger partial charge on any atom is -0.492 e. The largest absolute Gasteiger partial charge is 0.492 e.